The Labute approximate surface area is 102 Å². The zero-order chi connectivity index (χ0) is 12.7. The summed E-state index contributed by atoms with van der Waals surface area (Å²) in [6.07, 6.45) is 8.30. The SMILES string of the molecule is C=CCN(CC(=O)O)C(=O)CC1=CCCCC1. The third kappa shape index (κ3) is 4.85. The van der Waals surface area contributed by atoms with Crippen LogP contribution in [-0.2, 0) is 9.59 Å². The topological polar surface area (TPSA) is 57.6 Å². The van der Waals surface area contributed by atoms with Crippen LogP contribution in [0, 0.1) is 0 Å². The molecule has 1 aliphatic carbocycles. The Balaban J connectivity index is 2.54. The van der Waals surface area contributed by atoms with Gasteiger partial charge in [-0.15, -0.1) is 6.58 Å². The highest BCUT2D eigenvalue weighted by Gasteiger charge is 2.17. The highest BCUT2D eigenvalue weighted by atomic mass is 16.4. The van der Waals surface area contributed by atoms with Gasteiger partial charge in [0.1, 0.15) is 6.54 Å². The average Bonchev–Trinajstić information content (AvgIpc) is 2.29. The van der Waals surface area contributed by atoms with Crippen LogP contribution in [0.3, 0.4) is 0 Å². The van der Waals surface area contributed by atoms with Gasteiger partial charge in [0.05, 0.1) is 0 Å². The van der Waals surface area contributed by atoms with Gasteiger partial charge in [-0.1, -0.05) is 17.7 Å². The van der Waals surface area contributed by atoms with Crippen molar-refractivity contribution < 1.29 is 14.7 Å². The second kappa shape index (κ2) is 6.89. The molecule has 4 heteroatoms. The van der Waals surface area contributed by atoms with Crippen molar-refractivity contribution in [2.75, 3.05) is 13.1 Å². The smallest absolute Gasteiger partial charge is 0.323 e. The molecule has 0 bridgehead atoms. The summed E-state index contributed by atoms with van der Waals surface area (Å²) in [5.41, 5.74) is 1.14. The van der Waals surface area contributed by atoms with Gasteiger partial charge in [-0.05, 0) is 25.7 Å². The summed E-state index contributed by atoms with van der Waals surface area (Å²) in [4.78, 5) is 23.9. The van der Waals surface area contributed by atoms with Crippen LogP contribution in [0.2, 0.25) is 0 Å². The minimum atomic E-state index is -0.988. The zero-order valence-electron chi connectivity index (χ0n) is 10.0. The predicted molar refractivity (Wildman–Crippen MR) is 65.6 cm³/mol. The molecule has 0 unspecified atom stereocenters. The van der Waals surface area contributed by atoms with Gasteiger partial charge in [-0.3, -0.25) is 9.59 Å². The number of hydrogen-bond donors (Lipinski definition) is 1. The number of carboxylic acids is 1. The molecule has 0 aromatic heterocycles. The number of carbonyl (C=O) groups excluding carboxylic acids is 1. The molecular weight excluding hydrogens is 218 g/mol. The molecular formula is C13H19NO3. The summed E-state index contributed by atoms with van der Waals surface area (Å²) >= 11 is 0. The van der Waals surface area contributed by atoms with E-state index in [0.717, 1.165) is 24.8 Å². The molecule has 1 aliphatic rings. The first-order chi connectivity index (χ1) is 8.13. The first-order valence-corrected chi connectivity index (χ1v) is 5.92. The Morgan fingerprint density at radius 1 is 1.47 bits per heavy atom. The van der Waals surface area contributed by atoms with Gasteiger partial charge >= 0.3 is 5.97 Å². The van der Waals surface area contributed by atoms with E-state index in [-0.39, 0.29) is 12.5 Å². The van der Waals surface area contributed by atoms with Crippen LogP contribution in [0.4, 0.5) is 0 Å². The lowest BCUT2D eigenvalue weighted by atomic mass is 9.97. The maximum absolute atomic E-state index is 11.9. The molecule has 1 amide bonds. The lowest BCUT2D eigenvalue weighted by molar-refractivity contribution is -0.143. The van der Waals surface area contributed by atoms with Crippen LogP contribution in [-0.4, -0.2) is 35.0 Å². The van der Waals surface area contributed by atoms with Gasteiger partial charge in [0.15, 0.2) is 0 Å². The minimum Gasteiger partial charge on any atom is -0.480 e. The Kier molecular flexibility index (Phi) is 5.46. The average molecular weight is 237 g/mol. The normalized spacial score (nSPS) is 14.9. The summed E-state index contributed by atoms with van der Waals surface area (Å²) in [5.74, 6) is -1.11. The molecule has 0 aromatic rings. The number of rotatable bonds is 6. The van der Waals surface area contributed by atoms with Gasteiger partial charge in [0.25, 0.3) is 0 Å². The van der Waals surface area contributed by atoms with Crippen molar-refractivity contribution in [3.8, 4) is 0 Å². The van der Waals surface area contributed by atoms with E-state index < -0.39 is 5.97 Å². The Morgan fingerprint density at radius 3 is 2.76 bits per heavy atom. The van der Waals surface area contributed by atoms with Crippen LogP contribution in [0.1, 0.15) is 32.1 Å². The molecule has 1 N–H and O–H groups in total. The fraction of sp³-hybridized carbons (Fsp3) is 0.538. The number of carboxylic acid groups (broad SMARTS) is 1. The summed E-state index contributed by atoms with van der Waals surface area (Å²) in [6, 6.07) is 0. The highest BCUT2D eigenvalue weighted by molar-refractivity contribution is 5.83. The van der Waals surface area contributed by atoms with Crippen molar-refractivity contribution in [1.82, 2.24) is 4.90 Å². The van der Waals surface area contributed by atoms with Crippen molar-refractivity contribution in [3.05, 3.63) is 24.3 Å². The molecule has 0 saturated carbocycles. The quantitative estimate of drug-likeness (QED) is 0.718. The van der Waals surface area contributed by atoms with Crippen LogP contribution in [0.15, 0.2) is 24.3 Å². The van der Waals surface area contributed by atoms with Crippen LogP contribution in [0.5, 0.6) is 0 Å². The highest BCUT2D eigenvalue weighted by Crippen LogP contribution is 2.20. The van der Waals surface area contributed by atoms with E-state index in [4.69, 9.17) is 5.11 Å². The Bertz CT molecular complexity index is 334. The summed E-state index contributed by atoms with van der Waals surface area (Å²) in [6.45, 7) is 3.57. The van der Waals surface area contributed by atoms with Crippen molar-refractivity contribution >= 4 is 11.9 Å². The molecule has 0 fully saturated rings. The molecule has 94 valence electrons. The van der Waals surface area contributed by atoms with Gasteiger partial charge in [-0.2, -0.15) is 0 Å². The number of hydrogen-bond acceptors (Lipinski definition) is 2. The van der Waals surface area contributed by atoms with Crippen LogP contribution < -0.4 is 0 Å². The third-order valence-corrected chi connectivity index (χ3v) is 2.79. The molecule has 0 atom stereocenters. The second-order valence-corrected chi connectivity index (χ2v) is 4.24. The molecule has 0 spiro atoms. The van der Waals surface area contributed by atoms with Crippen LogP contribution >= 0.6 is 0 Å². The summed E-state index contributed by atoms with van der Waals surface area (Å²) < 4.78 is 0. The number of nitrogens with zero attached hydrogens (tertiary/aromatic N) is 1. The number of allylic oxidation sites excluding steroid dienone is 1. The maximum atomic E-state index is 11.9. The fourth-order valence-corrected chi connectivity index (χ4v) is 1.94. The number of amides is 1. The molecule has 0 aromatic carbocycles. The molecule has 0 radical (unpaired) electrons. The third-order valence-electron chi connectivity index (χ3n) is 2.79. The maximum Gasteiger partial charge on any atom is 0.323 e. The van der Waals surface area contributed by atoms with E-state index in [1.165, 1.54) is 11.3 Å². The summed E-state index contributed by atoms with van der Waals surface area (Å²) in [5, 5.41) is 8.72. The lowest BCUT2D eigenvalue weighted by Crippen LogP contribution is -2.35. The number of carbonyl (C=O) groups is 2. The van der Waals surface area contributed by atoms with E-state index in [9.17, 15) is 9.59 Å². The first kappa shape index (κ1) is 13.5. The Morgan fingerprint density at radius 2 is 2.24 bits per heavy atom. The molecule has 1 rings (SSSR count). The zero-order valence-corrected chi connectivity index (χ0v) is 10.0. The molecule has 4 nitrogen and oxygen atoms in total. The van der Waals surface area contributed by atoms with Crippen LogP contribution in [0.25, 0.3) is 0 Å². The second-order valence-electron chi connectivity index (χ2n) is 4.24. The fourth-order valence-electron chi connectivity index (χ4n) is 1.94. The van der Waals surface area contributed by atoms with Gasteiger partial charge in [-0.25, -0.2) is 0 Å². The Hall–Kier alpha value is -1.58. The van der Waals surface area contributed by atoms with Crippen molar-refractivity contribution in [1.29, 1.82) is 0 Å². The standard InChI is InChI=1S/C13H19NO3/c1-2-8-14(10-13(16)17)12(15)9-11-6-4-3-5-7-11/h2,6H,1,3-5,7-10H2,(H,16,17). The monoisotopic (exact) mass is 237 g/mol. The van der Waals surface area contributed by atoms with E-state index in [2.05, 4.69) is 12.7 Å². The summed E-state index contributed by atoms with van der Waals surface area (Å²) in [7, 11) is 0. The predicted octanol–water partition coefficient (Wildman–Crippen LogP) is 1.98. The molecule has 0 saturated heterocycles. The number of aliphatic carboxylic acids is 1. The minimum absolute atomic E-state index is 0.125. The first-order valence-electron chi connectivity index (χ1n) is 5.92. The van der Waals surface area contributed by atoms with E-state index in [0.29, 0.717) is 13.0 Å². The van der Waals surface area contributed by atoms with Gasteiger partial charge in [0.2, 0.25) is 5.91 Å². The van der Waals surface area contributed by atoms with E-state index in [1.54, 1.807) is 6.08 Å². The molecule has 17 heavy (non-hydrogen) atoms. The van der Waals surface area contributed by atoms with Gasteiger partial charge in [0, 0.05) is 13.0 Å². The van der Waals surface area contributed by atoms with Crippen molar-refractivity contribution in [2.24, 2.45) is 0 Å². The van der Waals surface area contributed by atoms with E-state index in [1.807, 2.05) is 0 Å². The molecule has 0 aliphatic heterocycles. The van der Waals surface area contributed by atoms with Gasteiger partial charge < -0.3 is 10.0 Å². The van der Waals surface area contributed by atoms with Crippen molar-refractivity contribution in [2.45, 2.75) is 32.1 Å². The molecule has 0 heterocycles. The van der Waals surface area contributed by atoms with E-state index >= 15 is 0 Å². The van der Waals surface area contributed by atoms with Crippen molar-refractivity contribution in [3.63, 3.8) is 0 Å². The largest absolute Gasteiger partial charge is 0.480 e. The lowest BCUT2D eigenvalue weighted by Gasteiger charge is -2.20.